The van der Waals surface area contributed by atoms with Crippen LogP contribution in [0, 0.1) is 0 Å². The van der Waals surface area contributed by atoms with Gasteiger partial charge in [0.15, 0.2) is 0 Å². The van der Waals surface area contributed by atoms with Crippen molar-refractivity contribution in [2.45, 2.75) is 50.9 Å². The van der Waals surface area contributed by atoms with Crippen LogP contribution in [-0.4, -0.2) is 16.5 Å². The molecule has 1 saturated carbocycles. The maximum absolute atomic E-state index is 6.37. The number of nitrogens with zero attached hydrogens (tertiary/aromatic N) is 1. The lowest BCUT2D eigenvalue weighted by Gasteiger charge is -2.31. The predicted octanol–water partition coefficient (Wildman–Crippen LogP) is 2.27. The summed E-state index contributed by atoms with van der Waals surface area (Å²) in [5, 5.41) is 0. The van der Waals surface area contributed by atoms with Crippen molar-refractivity contribution in [1.82, 2.24) is 4.90 Å². The van der Waals surface area contributed by atoms with Gasteiger partial charge < -0.3 is 5.73 Å². The third-order valence-corrected chi connectivity index (χ3v) is 4.18. The van der Waals surface area contributed by atoms with Crippen molar-refractivity contribution in [3.63, 3.8) is 0 Å². The van der Waals surface area contributed by atoms with Crippen molar-refractivity contribution < 1.29 is 0 Å². The lowest BCUT2D eigenvalue weighted by atomic mass is 10.0. The molecule has 0 aromatic heterocycles. The summed E-state index contributed by atoms with van der Waals surface area (Å²) in [6, 6.07) is 9.34. The highest BCUT2D eigenvalue weighted by atomic mass is 15.2. The molecule has 2 aliphatic rings. The molecule has 2 heteroatoms. The van der Waals surface area contributed by atoms with Crippen LogP contribution in [0.25, 0.3) is 0 Å². The molecule has 0 radical (unpaired) electrons. The Labute approximate surface area is 97.4 Å². The summed E-state index contributed by atoms with van der Waals surface area (Å²) in [7, 11) is 0. The largest absolute Gasteiger partial charge is 0.324 e. The van der Waals surface area contributed by atoms with Gasteiger partial charge in [-0.15, -0.1) is 0 Å². The van der Waals surface area contributed by atoms with Gasteiger partial charge in [-0.05, 0) is 30.4 Å². The number of hydrogen-bond donors (Lipinski definition) is 1. The first-order valence-electron chi connectivity index (χ1n) is 6.32. The topological polar surface area (TPSA) is 29.3 Å². The molecule has 1 heterocycles. The summed E-state index contributed by atoms with van der Waals surface area (Å²) in [4.78, 5) is 2.57. The summed E-state index contributed by atoms with van der Waals surface area (Å²) >= 11 is 0. The zero-order valence-electron chi connectivity index (χ0n) is 9.95. The molecule has 1 aliphatic heterocycles. The minimum atomic E-state index is 0.122. The molecule has 1 aromatic rings. The SMILES string of the molecule is CCC(N1Cc2ccccc2C1)C1(N)CC1. The van der Waals surface area contributed by atoms with Gasteiger partial charge in [0, 0.05) is 24.7 Å². The van der Waals surface area contributed by atoms with Crippen LogP contribution in [0.3, 0.4) is 0 Å². The van der Waals surface area contributed by atoms with Crippen LogP contribution in [0.1, 0.15) is 37.3 Å². The molecule has 0 spiro atoms. The zero-order chi connectivity index (χ0) is 11.2. The van der Waals surface area contributed by atoms with E-state index in [9.17, 15) is 0 Å². The first-order chi connectivity index (χ1) is 7.73. The molecule has 16 heavy (non-hydrogen) atoms. The highest BCUT2D eigenvalue weighted by molar-refractivity contribution is 5.31. The second kappa shape index (κ2) is 3.57. The van der Waals surface area contributed by atoms with Gasteiger partial charge in [-0.25, -0.2) is 0 Å². The fourth-order valence-electron chi connectivity index (χ4n) is 3.09. The van der Waals surface area contributed by atoms with E-state index >= 15 is 0 Å². The summed E-state index contributed by atoms with van der Waals surface area (Å²) in [5.41, 5.74) is 9.48. The normalized spacial score (nSPS) is 24.1. The zero-order valence-corrected chi connectivity index (χ0v) is 9.95. The lowest BCUT2D eigenvalue weighted by molar-refractivity contribution is 0.158. The van der Waals surface area contributed by atoms with E-state index in [0.717, 1.165) is 13.1 Å². The Morgan fingerprint density at radius 2 is 1.81 bits per heavy atom. The second-order valence-corrected chi connectivity index (χ2v) is 5.33. The summed E-state index contributed by atoms with van der Waals surface area (Å²) in [6.07, 6.45) is 3.58. The third kappa shape index (κ3) is 1.57. The number of benzene rings is 1. The third-order valence-electron chi connectivity index (χ3n) is 4.18. The molecule has 1 aromatic carbocycles. The first kappa shape index (κ1) is 10.3. The van der Waals surface area contributed by atoms with Gasteiger partial charge in [-0.2, -0.15) is 0 Å². The number of hydrogen-bond acceptors (Lipinski definition) is 2. The van der Waals surface area contributed by atoms with Crippen LogP contribution in [0.15, 0.2) is 24.3 Å². The Morgan fingerprint density at radius 1 is 1.25 bits per heavy atom. The lowest BCUT2D eigenvalue weighted by Crippen LogP contribution is -2.47. The van der Waals surface area contributed by atoms with Crippen LogP contribution in [0.2, 0.25) is 0 Å². The van der Waals surface area contributed by atoms with E-state index in [4.69, 9.17) is 5.73 Å². The predicted molar refractivity (Wildman–Crippen MR) is 65.9 cm³/mol. The molecule has 0 saturated heterocycles. The van der Waals surface area contributed by atoms with Crippen LogP contribution >= 0.6 is 0 Å². The average Bonchev–Trinajstić information content (AvgIpc) is 2.89. The number of nitrogens with two attached hydrogens (primary N) is 1. The Balaban J connectivity index is 1.79. The van der Waals surface area contributed by atoms with Crippen molar-refractivity contribution >= 4 is 0 Å². The number of fused-ring (bicyclic) bond motifs is 1. The number of rotatable bonds is 3. The van der Waals surface area contributed by atoms with Crippen LogP contribution < -0.4 is 5.73 Å². The van der Waals surface area contributed by atoms with Crippen molar-refractivity contribution in [1.29, 1.82) is 0 Å². The van der Waals surface area contributed by atoms with E-state index in [1.807, 2.05) is 0 Å². The quantitative estimate of drug-likeness (QED) is 0.840. The van der Waals surface area contributed by atoms with Crippen LogP contribution in [-0.2, 0) is 13.1 Å². The fourth-order valence-corrected chi connectivity index (χ4v) is 3.09. The van der Waals surface area contributed by atoms with Crippen molar-refractivity contribution in [3.8, 4) is 0 Å². The smallest absolute Gasteiger partial charge is 0.0313 e. The Morgan fingerprint density at radius 3 is 2.25 bits per heavy atom. The van der Waals surface area contributed by atoms with E-state index in [2.05, 4.69) is 36.1 Å². The fraction of sp³-hybridized carbons (Fsp3) is 0.571. The summed E-state index contributed by atoms with van der Waals surface area (Å²) in [5.74, 6) is 0. The van der Waals surface area contributed by atoms with Gasteiger partial charge in [0.25, 0.3) is 0 Å². The molecule has 2 N–H and O–H groups in total. The van der Waals surface area contributed by atoms with E-state index in [1.54, 1.807) is 0 Å². The first-order valence-corrected chi connectivity index (χ1v) is 6.32. The van der Waals surface area contributed by atoms with Gasteiger partial charge in [0.2, 0.25) is 0 Å². The van der Waals surface area contributed by atoms with Crippen molar-refractivity contribution in [2.24, 2.45) is 5.73 Å². The minimum Gasteiger partial charge on any atom is -0.324 e. The van der Waals surface area contributed by atoms with E-state index < -0.39 is 0 Å². The Hall–Kier alpha value is -0.860. The molecule has 1 unspecified atom stereocenters. The van der Waals surface area contributed by atoms with Gasteiger partial charge in [0.1, 0.15) is 0 Å². The molecule has 0 bridgehead atoms. The highest BCUT2D eigenvalue weighted by Crippen LogP contribution is 2.41. The molecule has 3 rings (SSSR count). The maximum Gasteiger partial charge on any atom is 0.0313 e. The summed E-state index contributed by atoms with van der Waals surface area (Å²) < 4.78 is 0. The second-order valence-electron chi connectivity index (χ2n) is 5.33. The molecular formula is C14H20N2. The Bertz CT molecular complexity index is 370. The standard InChI is InChI=1S/C14H20N2/c1-2-13(14(15)7-8-14)16-9-11-5-3-4-6-12(11)10-16/h3-6,13H,2,7-10,15H2,1H3. The molecule has 1 atom stereocenters. The van der Waals surface area contributed by atoms with Gasteiger partial charge in [-0.1, -0.05) is 31.2 Å². The molecule has 0 amide bonds. The van der Waals surface area contributed by atoms with E-state index in [1.165, 1.54) is 30.4 Å². The molecule has 86 valence electrons. The minimum absolute atomic E-state index is 0.122. The van der Waals surface area contributed by atoms with Crippen molar-refractivity contribution in [3.05, 3.63) is 35.4 Å². The highest BCUT2D eigenvalue weighted by Gasteiger charge is 2.48. The molecular weight excluding hydrogens is 196 g/mol. The van der Waals surface area contributed by atoms with Gasteiger partial charge in [-0.3, -0.25) is 4.90 Å². The monoisotopic (exact) mass is 216 g/mol. The van der Waals surface area contributed by atoms with E-state index in [0.29, 0.717) is 6.04 Å². The van der Waals surface area contributed by atoms with Crippen molar-refractivity contribution in [2.75, 3.05) is 0 Å². The molecule has 1 fully saturated rings. The maximum atomic E-state index is 6.37. The molecule has 1 aliphatic carbocycles. The average molecular weight is 216 g/mol. The van der Waals surface area contributed by atoms with Crippen LogP contribution in [0.4, 0.5) is 0 Å². The van der Waals surface area contributed by atoms with Gasteiger partial charge in [0.05, 0.1) is 0 Å². The summed E-state index contributed by atoms with van der Waals surface area (Å²) in [6.45, 7) is 4.45. The van der Waals surface area contributed by atoms with E-state index in [-0.39, 0.29) is 5.54 Å². The van der Waals surface area contributed by atoms with Crippen LogP contribution in [0.5, 0.6) is 0 Å². The molecule has 2 nitrogen and oxygen atoms in total. The Kier molecular flexibility index (Phi) is 2.30. The van der Waals surface area contributed by atoms with Gasteiger partial charge >= 0.3 is 0 Å².